The van der Waals surface area contributed by atoms with Crippen LogP contribution in [0.5, 0.6) is 0 Å². The third-order valence-corrected chi connectivity index (χ3v) is 11.2. The topological polar surface area (TPSA) is 36.9 Å². The van der Waals surface area contributed by atoms with Crippen molar-refractivity contribution in [2.75, 3.05) is 26.4 Å². The van der Waals surface area contributed by atoms with Crippen LogP contribution in [0.25, 0.3) is 11.1 Å². The first-order chi connectivity index (χ1) is 13.5. The van der Waals surface area contributed by atoms with E-state index in [0.29, 0.717) is 26.4 Å². The number of rotatable bonds is 11. The summed E-state index contributed by atoms with van der Waals surface area (Å²) >= 11 is 0. The van der Waals surface area contributed by atoms with Crippen LogP contribution in [0.15, 0.2) is 48.5 Å². The molecule has 0 aliphatic carbocycles. The van der Waals surface area contributed by atoms with E-state index >= 15 is 0 Å². The molecule has 0 saturated carbocycles. The highest BCUT2D eigenvalue weighted by atomic mass is 28.4. The molecule has 2 aromatic rings. The van der Waals surface area contributed by atoms with E-state index in [4.69, 9.17) is 17.7 Å². The second-order valence-corrected chi connectivity index (χ2v) is 12.7. The monoisotopic (exact) mass is 418 g/mol. The third-order valence-electron chi connectivity index (χ3n) is 4.77. The van der Waals surface area contributed by atoms with Gasteiger partial charge in [0.15, 0.2) is 0 Å². The van der Waals surface area contributed by atoms with E-state index in [-0.39, 0.29) is 0 Å². The Morgan fingerprint density at radius 3 is 1.61 bits per heavy atom. The van der Waals surface area contributed by atoms with Crippen LogP contribution in [-0.4, -0.2) is 43.5 Å². The molecule has 0 aliphatic rings. The molecule has 0 amide bonds. The lowest BCUT2D eigenvalue weighted by Gasteiger charge is -2.35. The molecule has 28 heavy (non-hydrogen) atoms. The molecule has 4 nitrogen and oxygen atoms in total. The first kappa shape index (κ1) is 23.0. The second-order valence-electron chi connectivity index (χ2n) is 6.72. The second kappa shape index (κ2) is 10.5. The van der Waals surface area contributed by atoms with E-state index in [0.717, 1.165) is 21.5 Å². The lowest BCUT2D eigenvalue weighted by Crippen LogP contribution is -2.66. The highest BCUT2D eigenvalue weighted by Crippen LogP contribution is 2.23. The SMILES string of the molecule is CCO[Si](C)(OCC)c1cccc(-c2ccccc2)c1[Si](C)(OCC)OCC. The van der Waals surface area contributed by atoms with Gasteiger partial charge in [0.05, 0.1) is 0 Å². The molecule has 0 unspecified atom stereocenters. The third kappa shape index (κ3) is 5.00. The zero-order valence-corrected chi connectivity index (χ0v) is 20.1. The van der Waals surface area contributed by atoms with Crippen molar-refractivity contribution in [2.24, 2.45) is 0 Å². The molecule has 0 heterocycles. The van der Waals surface area contributed by atoms with Crippen LogP contribution in [-0.2, 0) is 17.7 Å². The quantitative estimate of drug-likeness (QED) is 0.516. The van der Waals surface area contributed by atoms with Gasteiger partial charge in [0, 0.05) is 31.6 Å². The van der Waals surface area contributed by atoms with Crippen LogP contribution >= 0.6 is 0 Å². The van der Waals surface area contributed by atoms with Crippen LogP contribution < -0.4 is 10.4 Å². The van der Waals surface area contributed by atoms with E-state index in [1.165, 1.54) is 0 Å². The molecular weight excluding hydrogens is 384 g/mol. The van der Waals surface area contributed by atoms with E-state index < -0.39 is 17.1 Å². The number of hydrogen-bond acceptors (Lipinski definition) is 4. The summed E-state index contributed by atoms with van der Waals surface area (Å²) in [6.45, 7) is 14.8. The van der Waals surface area contributed by atoms with Gasteiger partial charge in [0.25, 0.3) is 0 Å². The maximum atomic E-state index is 6.34. The summed E-state index contributed by atoms with van der Waals surface area (Å²) in [5.41, 5.74) is 2.30. The molecule has 0 N–H and O–H groups in total. The van der Waals surface area contributed by atoms with Crippen molar-refractivity contribution >= 4 is 27.5 Å². The van der Waals surface area contributed by atoms with Crippen molar-refractivity contribution in [3.05, 3.63) is 48.5 Å². The van der Waals surface area contributed by atoms with E-state index in [1.807, 2.05) is 33.8 Å². The summed E-state index contributed by atoms with van der Waals surface area (Å²) in [4.78, 5) is 0. The highest BCUT2D eigenvalue weighted by molar-refractivity contribution is 6.91. The average molecular weight is 419 g/mol. The van der Waals surface area contributed by atoms with Gasteiger partial charge in [0.2, 0.25) is 0 Å². The Bertz CT molecular complexity index is 725. The minimum atomic E-state index is -2.69. The van der Waals surface area contributed by atoms with Crippen LogP contribution in [0.2, 0.25) is 13.1 Å². The van der Waals surface area contributed by atoms with Crippen LogP contribution in [0, 0.1) is 0 Å². The smallest absolute Gasteiger partial charge is 0.369 e. The van der Waals surface area contributed by atoms with Gasteiger partial charge in [-0.2, -0.15) is 0 Å². The Balaban J connectivity index is 2.82. The number of benzene rings is 2. The molecular formula is C22H34O4Si2. The first-order valence-electron chi connectivity index (χ1n) is 10.2. The fraction of sp³-hybridized carbons (Fsp3) is 0.455. The van der Waals surface area contributed by atoms with Crippen LogP contribution in [0.4, 0.5) is 0 Å². The molecule has 0 spiro atoms. The Labute approximate surface area is 172 Å². The van der Waals surface area contributed by atoms with Crippen molar-refractivity contribution in [3.8, 4) is 11.1 Å². The fourth-order valence-electron chi connectivity index (χ4n) is 3.76. The Morgan fingerprint density at radius 1 is 0.607 bits per heavy atom. The molecule has 0 aromatic heterocycles. The summed E-state index contributed by atoms with van der Waals surface area (Å²) in [6, 6.07) is 16.8. The zero-order chi connectivity index (χ0) is 20.6. The predicted molar refractivity (Wildman–Crippen MR) is 121 cm³/mol. The average Bonchev–Trinajstić information content (AvgIpc) is 2.69. The maximum absolute atomic E-state index is 6.34. The Morgan fingerprint density at radius 2 is 1.11 bits per heavy atom. The van der Waals surface area contributed by atoms with E-state index in [1.54, 1.807) is 0 Å². The van der Waals surface area contributed by atoms with Crippen molar-refractivity contribution in [3.63, 3.8) is 0 Å². The first-order valence-corrected chi connectivity index (χ1v) is 14.8. The van der Waals surface area contributed by atoms with Gasteiger partial charge in [-0.05, 0) is 57.1 Å². The molecule has 0 atom stereocenters. The molecule has 0 bridgehead atoms. The van der Waals surface area contributed by atoms with Gasteiger partial charge in [-0.15, -0.1) is 0 Å². The van der Waals surface area contributed by atoms with Crippen molar-refractivity contribution in [1.29, 1.82) is 0 Å². The standard InChI is InChI=1S/C22H34O4Si2/c1-7-23-27(5,24-8-2)21-18-14-17-20(19-15-12-11-13-16-19)22(21)28(6,25-9-3)26-10-4/h11-18H,7-10H2,1-6H3. The van der Waals surface area contributed by atoms with Crippen molar-refractivity contribution in [2.45, 2.75) is 40.8 Å². The molecule has 6 heteroatoms. The summed E-state index contributed by atoms with van der Waals surface area (Å²) < 4.78 is 25.2. The van der Waals surface area contributed by atoms with Gasteiger partial charge in [-0.1, -0.05) is 48.5 Å². The van der Waals surface area contributed by atoms with Gasteiger partial charge < -0.3 is 17.7 Å². The van der Waals surface area contributed by atoms with Crippen molar-refractivity contribution < 1.29 is 17.7 Å². The minimum absolute atomic E-state index is 0.604. The van der Waals surface area contributed by atoms with E-state index in [9.17, 15) is 0 Å². The van der Waals surface area contributed by atoms with Gasteiger partial charge in [0.1, 0.15) is 0 Å². The lowest BCUT2D eigenvalue weighted by atomic mass is 10.1. The van der Waals surface area contributed by atoms with Crippen molar-refractivity contribution in [1.82, 2.24) is 0 Å². The van der Waals surface area contributed by atoms with Gasteiger partial charge >= 0.3 is 17.1 Å². The molecule has 0 fully saturated rings. The van der Waals surface area contributed by atoms with Gasteiger partial charge in [-0.3, -0.25) is 0 Å². The molecule has 0 radical (unpaired) electrons. The fourth-order valence-corrected chi connectivity index (χ4v) is 10.4. The lowest BCUT2D eigenvalue weighted by molar-refractivity contribution is 0.198. The summed E-state index contributed by atoms with van der Waals surface area (Å²) in [6.07, 6.45) is 0. The van der Waals surface area contributed by atoms with Crippen LogP contribution in [0.3, 0.4) is 0 Å². The highest BCUT2D eigenvalue weighted by Gasteiger charge is 2.45. The molecule has 0 saturated heterocycles. The predicted octanol–water partition coefficient (Wildman–Crippen LogP) is 4.06. The normalized spacial score (nSPS) is 12.4. The van der Waals surface area contributed by atoms with E-state index in [2.05, 4.69) is 55.6 Å². The molecule has 0 aliphatic heterocycles. The number of hydrogen-bond donors (Lipinski definition) is 0. The minimum Gasteiger partial charge on any atom is -0.391 e. The largest absolute Gasteiger partial charge is 0.391 e. The Kier molecular flexibility index (Phi) is 8.61. The molecule has 2 rings (SSSR count). The summed E-state index contributed by atoms with van der Waals surface area (Å²) in [7, 11) is -5.32. The van der Waals surface area contributed by atoms with Crippen LogP contribution in [0.1, 0.15) is 27.7 Å². The molecule has 2 aromatic carbocycles. The summed E-state index contributed by atoms with van der Waals surface area (Å²) in [5, 5.41) is 2.26. The zero-order valence-electron chi connectivity index (χ0n) is 18.1. The summed E-state index contributed by atoms with van der Waals surface area (Å²) in [5.74, 6) is 0. The molecule has 154 valence electrons. The van der Waals surface area contributed by atoms with Gasteiger partial charge in [-0.25, -0.2) is 0 Å². The maximum Gasteiger partial charge on any atom is 0.369 e. The Hall–Kier alpha value is -1.29.